The van der Waals surface area contributed by atoms with Crippen LogP contribution in [0.15, 0.2) is 66.9 Å². The average Bonchev–Trinajstić information content (AvgIpc) is 2.82. The molecule has 1 aliphatic heterocycles. The third kappa shape index (κ3) is 5.60. The molecule has 0 aliphatic carbocycles. The van der Waals surface area contributed by atoms with Crippen molar-refractivity contribution in [1.29, 1.82) is 0 Å². The van der Waals surface area contributed by atoms with Crippen molar-refractivity contribution in [2.45, 2.75) is 33.2 Å². The fourth-order valence-corrected chi connectivity index (χ4v) is 4.56. The van der Waals surface area contributed by atoms with Crippen molar-refractivity contribution < 1.29 is 9.59 Å². The zero-order valence-electron chi connectivity index (χ0n) is 19.0. The highest BCUT2D eigenvalue weighted by molar-refractivity contribution is 6.30. The SMILES string of the molecule is Cc1cc(C)cc(C(=O)N2CCCC(C(=O)N(Cc3ccccn3)c3ccc(Cl)cc3)C2)c1. The molecule has 1 unspecified atom stereocenters. The Kier molecular flexibility index (Phi) is 7.09. The number of nitrogens with zero attached hydrogens (tertiary/aromatic N) is 3. The number of likely N-dealkylation sites (tertiary alicyclic amines) is 1. The van der Waals surface area contributed by atoms with Gasteiger partial charge in [0.2, 0.25) is 5.91 Å². The van der Waals surface area contributed by atoms with Crippen LogP contribution in [0, 0.1) is 19.8 Å². The predicted octanol–water partition coefficient (Wildman–Crippen LogP) is 5.44. The van der Waals surface area contributed by atoms with Gasteiger partial charge in [0, 0.05) is 35.6 Å². The maximum atomic E-state index is 13.7. The summed E-state index contributed by atoms with van der Waals surface area (Å²) in [6, 6.07) is 18.8. The lowest BCUT2D eigenvalue weighted by Crippen LogP contribution is -2.46. The number of anilines is 1. The Bertz CT molecular complexity index is 1110. The van der Waals surface area contributed by atoms with Gasteiger partial charge < -0.3 is 9.80 Å². The lowest BCUT2D eigenvalue weighted by molar-refractivity contribution is -0.123. The van der Waals surface area contributed by atoms with Crippen molar-refractivity contribution in [3.63, 3.8) is 0 Å². The van der Waals surface area contributed by atoms with E-state index in [2.05, 4.69) is 11.1 Å². The van der Waals surface area contributed by atoms with Gasteiger partial charge in [0.1, 0.15) is 0 Å². The van der Waals surface area contributed by atoms with E-state index in [1.807, 2.05) is 61.2 Å². The monoisotopic (exact) mass is 461 g/mol. The van der Waals surface area contributed by atoms with E-state index in [4.69, 9.17) is 11.6 Å². The van der Waals surface area contributed by atoms with Crippen molar-refractivity contribution in [2.24, 2.45) is 5.92 Å². The normalized spacial score (nSPS) is 15.8. The molecular weight excluding hydrogens is 434 g/mol. The first-order chi connectivity index (χ1) is 15.9. The number of hydrogen-bond acceptors (Lipinski definition) is 3. The molecule has 6 heteroatoms. The number of aromatic nitrogens is 1. The highest BCUT2D eigenvalue weighted by Gasteiger charge is 2.32. The van der Waals surface area contributed by atoms with E-state index in [0.717, 1.165) is 35.3 Å². The molecule has 0 N–H and O–H groups in total. The fraction of sp³-hybridized carbons (Fsp3) is 0.296. The fourth-order valence-electron chi connectivity index (χ4n) is 4.44. The zero-order chi connectivity index (χ0) is 23.4. The molecular formula is C27H28ClN3O2. The highest BCUT2D eigenvalue weighted by atomic mass is 35.5. The number of piperidine rings is 1. The van der Waals surface area contributed by atoms with Crippen LogP contribution in [0.4, 0.5) is 5.69 Å². The number of aryl methyl sites for hydroxylation is 2. The number of carbonyl (C=O) groups excluding carboxylic acids is 2. The lowest BCUT2D eigenvalue weighted by Gasteiger charge is -2.35. The smallest absolute Gasteiger partial charge is 0.253 e. The van der Waals surface area contributed by atoms with Crippen LogP contribution in [0.25, 0.3) is 0 Å². The van der Waals surface area contributed by atoms with E-state index in [1.165, 1.54) is 0 Å². The second-order valence-electron chi connectivity index (χ2n) is 8.69. The summed E-state index contributed by atoms with van der Waals surface area (Å²) in [7, 11) is 0. The Hall–Kier alpha value is -3.18. The van der Waals surface area contributed by atoms with Crippen LogP contribution in [-0.2, 0) is 11.3 Å². The van der Waals surface area contributed by atoms with Gasteiger partial charge in [-0.2, -0.15) is 0 Å². The molecule has 0 saturated carbocycles. The summed E-state index contributed by atoms with van der Waals surface area (Å²) in [4.78, 5) is 34.9. The Labute approximate surface area is 200 Å². The number of benzene rings is 2. The first kappa shape index (κ1) is 23.0. The van der Waals surface area contributed by atoms with Crippen molar-refractivity contribution in [2.75, 3.05) is 18.0 Å². The average molecular weight is 462 g/mol. The first-order valence-corrected chi connectivity index (χ1v) is 11.6. The molecule has 4 rings (SSSR count). The molecule has 1 atom stereocenters. The molecule has 1 aliphatic rings. The minimum absolute atomic E-state index is 0.000832. The predicted molar refractivity (Wildman–Crippen MR) is 131 cm³/mol. The van der Waals surface area contributed by atoms with Crippen molar-refractivity contribution in [3.8, 4) is 0 Å². The van der Waals surface area contributed by atoms with Crippen LogP contribution >= 0.6 is 11.6 Å². The van der Waals surface area contributed by atoms with Crippen molar-refractivity contribution in [1.82, 2.24) is 9.88 Å². The lowest BCUT2D eigenvalue weighted by atomic mass is 9.95. The van der Waals surface area contributed by atoms with E-state index in [-0.39, 0.29) is 17.7 Å². The molecule has 5 nitrogen and oxygen atoms in total. The van der Waals surface area contributed by atoms with Gasteiger partial charge in [0.15, 0.2) is 0 Å². The molecule has 1 fully saturated rings. The third-order valence-electron chi connectivity index (χ3n) is 5.98. The minimum Gasteiger partial charge on any atom is -0.338 e. The molecule has 1 saturated heterocycles. The van der Waals surface area contributed by atoms with Crippen molar-refractivity contribution >= 4 is 29.1 Å². The summed E-state index contributed by atoms with van der Waals surface area (Å²) in [6.45, 7) is 5.43. The largest absolute Gasteiger partial charge is 0.338 e. The van der Waals surface area contributed by atoms with Crippen LogP contribution in [0.3, 0.4) is 0 Å². The number of pyridine rings is 1. The molecule has 170 valence electrons. The number of hydrogen-bond donors (Lipinski definition) is 0. The van der Waals surface area contributed by atoms with E-state index in [1.54, 1.807) is 23.2 Å². The minimum atomic E-state index is -0.270. The van der Waals surface area contributed by atoms with Crippen LogP contribution in [-0.4, -0.2) is 34.8 Å². The summed E-state index contributed by atoms with van der Waals surface area (Å²) in [5.74, 6) is -0.282. The molecule has 2 aromatic carbocycles. The summed E-state index contributed by atoms with van der Waals surface area (Å²) >= 11 is 6.08. The Morgan fingerprint density at radius 3 is 2.45 bits per heavy atom. The van der Waals surface area contributed by atoms with Gasteiger partial charge in [-0.15, -0.1) is 0 Å². The molecule has 2 heterocycles. The molecule has 2 amide bonds. The van der Waals surface area contributed by atoms with Crippen molar-refractivity contribution in [3.05, 3.63) is 94.3 Å². The van der Waals surface area contributed by atoms with E-state index in [9.17, 15) is 9.59 Å². The number of carbonyl (C=O) groups is 2. The van der Waals surface area contributed by atoms with E-state index in [0.29, 0.717) is 30.2 Å². The molecule has 0 bridgehead atoms. The standard InChI is InChI=1S/C27H28ClN3O2/c1-19-14-20(2)16-22(15-19)26(32)30-13-5-6-21(17-30)27(33)31(18-24-7-3-4-12-29-24)25-10-8-23(28)9-11-25/h3-4,7-12,14-16,21H,5-6,13,17-18H2,1-2H3. The third-order valence-corrected chi connectivity index (χ3v) is 6.23. The molecule has 33 heavy (non-hydrogen) atoms. The number of rotatable bonds is 5. The number of amides is 2. The summed E-state index contributed by atoms with van der Waals surface area (Å²) < 4.78 is 0. The van der Waals surface area contributed by atoms with Gasteiger partial charge in [0.05, 0.1) is 18.2 Å². The topological polar surface area (TPSA) is 53.5 Å². The van der Waals surface area contributed by atoms with Gasteiger partial charge in [-0.1, -0.05) is 34.9 Å². The summed E-state index contributed by atoms with van der Waals surface area (Å²) in [6.07, 6.45) is 3.28. The van der Waals surface area contributed by atoms with Gasteiger partial charge >= 0.3 is 0 Å². The van der Waals surface area contributed by atoms with Crippen LogP contribution in [0.5, 0.6) is 0 Å². The highest BCUT2D eigenvalue weighted by Crippen LogP contribution is 2.26. The maximum absolute atomic E-state index is 13.7. The molecule has 0 spiro atoms. The van der Waals surface area contributed by atoms with Gasteiger partial charge in [-0.3, -0.25) is 14.6 Å². The second kappa shape index (κ2) is 10.2. The Morgan fingerprint density at radius 1 is 1.06 bits per heavy atom. The summed E-state index contributed by atoms with van der Waals surface area (Å²) in [5.41, 5.74) is 4.38. The van der Waals surface area contributed by atoms with Gasteiger partial charge in [-0.05, 0) is 75.2 Å². The first-order valence-electron chi connectivity index (χ1n) is 11.2. The molecule has 3 aromatic rings. The summed E-state index contributed by atoms with van der Waals surface area (Å²) in [5, 5.41) is 0.617. The Balaban J connectivity index is 1.56. The van der Waals surface area contributed by atoms with E-state index >= 15 is 0 Å². The quantitative estimate of drug-likeness (QED) is 0.508. The maximum Gasteiger partial charge on any atom is 0.253 e. The number of halogens is 1. The van der Waals surface area contributed by atoms with Gasteiger partial charge in [0.25, 0.3) is 5.91 Å². The van der Waals surface area contributed by atoms with Crippen LogP contribution in [0.1, 0.15) is 40.0 Å². The molecule has 0 radical (unpaired) electrons. The Morgan fingerprint density at radius 2 is 1.79 bits per heavy atom. The van der Waals surface area contributed by atoms with Gasteiger partial charge in [-0.25, -0.2) is 0 Å². The second-order valence-corrected chi connectivity index (χ2v) is 9.13. The molecule has 1 aromatic heterocycles. The van der Waals surface area contributed by atoms with E-state index < -0.39 is 0 Å². The van der Waals surface area contributed by atoms with Crippen LogP contribution < -0.4 is 4.90 Å². The zero-order valence-corrected chi connectivity index (χ0v) is 19.8. The van der Waals surface area contributed by atoms with Crippen LogP contribution in [0.2, 0.25) is 5.02 Å².